The highest BCUT2D eigenvalue weighted by molar-refractivity contribution is 5.56. The summed E-state index contributed by atoms with van der Waals surface area (Å²) in [6, 6.07) is 7.51. The Labute approximate surface area is 106 Å². The third-order valence-corrected chi connectivity index (χ3v) is 2.83. The number of hydrogen-bond donors (Lipinski definition) is 1. The van der Waals surface area contributed by atoms with Crippen molar-refractivity contribution < 1.29 is 4.74 Å². The minimum absolute atomic E-state index is 0.0913. The van der Waals surface area contributed by atoms with Crippen molar-refractivity contribution in [2.75, 3.05) is 6.61 Å². The number of H-pyrrole nitrogens is 1. The van der Waals surface area contributed by atoms with Gasteiger partial charge < -0.3 is 9.72 Å². The maximum atomic E-state index is 11.7. The van der Waals surface area contributed by atoms with E-state index in [2.05, 4.69) is 9.97 Å². The molecule has 0 unspecified atom stereocenters. The Kier molecular flexibility index (Phi) is 3.46. The molecule has 0 spiro atoms. The van der Waals surface area contributed by atoms with Gasteiger partial charge in [0.1, 0.15) is 11.6 Å². The smallest absolute Gasteiger partial charge is 0.254 e. The van der Waals surface area contributed by atoms with E-state index in [1.165, 1.54) is 0 Å². The van der Waals surface area contributed by atoms with Gasteiger partial charge in [0.15, 0.2) is 0 Å². The molecule has 4 nitrogen and oxygen atoms in total. The maximum absolute atomic E-state index is 11.7. The number of hydrogen-bond acceptors (Lipinski definition) is 3. The fourth-order valence-electron chi connectivity index (χ4n) is 1.66. The molecule has 4 heteroatoms. The van der Waals surface area contributed by atoms with Gasteiger partial charge in [0.05, 0.1) is 6.61 Å². The highest BCUT2D eigenvalue weighted by Gasteiger charge is 2.05. The zero-order chi connectivity index (χ0) is 13.1. The number of aryl methyl sites for hydroxylation is 1. The Morgan fingerprint density at radius 2 is 1.89 bits per heavy atom. The minimum atomic E-state index is -0.0913. The van der Waals surface area contributed by atoms with Crippen LogP contribution in [0.1, 0.15) is 18.2 Å². The van der Waals surface area contributed by atoms with E-state index >= 15 is 0 Å². The quantitative estimate of drug-likeness (QED) is 0.902. The van der Waals surface area contributed by atoms with E-state index in [-0.39, 0.29) is 5.56 Å². The van der Waals surface area contributed by atoms with Gasteiger partial charge in [0.2, 0.25) is 0 Å². The lowest BCUT2D eigenvalue weighted by molar-refractivity contribution is 0.340. The molecule has 1 heterocycles. The van der Waals surface area contributed by atoms with Crippen molar-refractivity contribution >= 4 is 0 Å². The van der Waals surface area contributed by atoms with E-state index in [1.807, 2.05) is 38.1 Å². The molecule has 94 valence electrons. The molecule has 1 aromatic carbocycles. The molecule has 0 saturated heterocycles. The third kappa shape index (κ3) is 2.42. The molecule has 0 atom stereocenters. The molecule has 0 amide bonds. The summed E-state index contributed by atoms with van der Waals surface area (Å²) in [5, 5.41) is 0. The molecule has 2 rings (SSSR count). The van der Waals surface area contributed by atoms with Crippen LogP contribution >= 0.6 is 0 Å². The largest absolute Gasteiger partial charge is 0.494 e. The zero-order valence-electron chi connectivity index (χ0n) is 10.8. The van der Waals surface area contributed by atoms with E-state index in [0.29, 0.717) is 18.0 Å². The highest BCUT2D eigenvalue weighted by Crippen LogP contribution is 2.19. The van der Waals surface area contributed by atoms with Crippen LogP contribution in [-0.2, 0) is 0 Å². The van der Waals surface area contributed by atoms with Crippen LogP contribution in [0.25, 0.3) is 11.4 Å². The van der Waals surface area contributed by atoms with E-state index in [9.17, 15) is 4.79 Å². The monoisotopic (exact) mass is 244 g/mol. The van der Waals surface area contributed by atoms with Crippen molar-refractivity contribution in [3.8, 4) is 17.1 Å². The summed E-state index contributed by atoms with van der Waals surface area (Å²) in [6.07, 6.45) is 0. The number of rotatable bonds is 3. The van der Waals surface area contributed by atoms with E-state index < -0.39 is 0 Å². The number of nitrogens with one attached hydrogen (secondary N) is 1. The first-order valence-corrected chi connectivity index (χ1v) is 5.92. The van der Waals surface area contributed by atoms with Gasteiger partial charge in [-0.15, -0.1) is 0 Å². The molecule has 1 N–H and O–H groups in total. The first kappa shape index (κ1) is 12.4. The average molecular weight is 244 g/mol. The fourth-order valence-corrected chi connectivity index (χ4v) is 1.66. The van der Waals surface area contributed by atoms with Gasteiger partial charge >= 0.3 is 0 Å². The van der Waals surface area contributed by atoms with Crippen molar-refractivity contribution in [2.45, 2.75) is 20.8 Å². The van der Waals surface area contributed by atoms with Crippen LogP contribution in [0.5, 0.6) is 5.75 Å². The summed E-state index contributed by atoms with van der Waals surface area (Å²) >= 11 is 0. The molecule has 0 saturated carbocycles. The van der Waals surface area contributed by atoms with Gasteiger partial charge in [-0.2, -0.15) is 0 Å². The standard InChI is InChI=1S/C14H16N2O2/c1-4-18-12-7-5-11(6-8-12)13-15-10(3)9(2)14(17)16-13/h5-8H,4H2,1-3H3,(H,15,16,17). The molecule has 0 aliphatic heterocycles. The number of aromatic amines is 1. The second kappa shape index (κ2) is 5.04. The molecule has 18 heavy (non-hydrogen) atoms. The van der Waals surface area contributed by atoms with Crippen LogP contribution in [0, 0.1) is 13.8 Å². The lowest BCUT2D eigenvalue weighted by Gasteiger charge is -2.06. The second-order valence-corrected chi connectivity index (χ2v) is 4.08. The summed E-state index contributed by atoms with van der Waals surface area (Å²) in [6.45, 7) is 6.18. The molecular weight excluding hydrogens is 228 g/mol. The predicted molar refractivity (Wildman–Crippen MR) is 70.9 cm³/mol. The molecule has 0 radical (unpaired) electrons. The van der Waals surface area contributed by atoms with Crippen LogP contribution in [-0.4, -0.2) is 16.6 Å². The average Bonchev–Trinajstić information content (AvgIpc) is 2.37. The Balaban J connectivity index is 2.40. The Hall–Kier alpha value is -2.10. The lowest BCUT2D eigenvalue weighted by atomic mass is 10.2. The van der Waals surface area contributed by atoms with Gasteiger partial charge in [0.25, 0.3) is 5.56 Å². The van der Waals surface area contributed by atoms with Crippen LogP contribution in [0.4, 0.5) is 0 Å². The van der Waals surface area contributed by atoms with E-state index in [1.54, 1.807) is 6.92 Å². The highest BCUT2D eigenvalue weighted by atomic mass is 16.5. The van der Waals surface area contributed by atoms with Crippen molar-refractivity contribution in [3.05, 3.63) is 45.9 Å². The number of benzene rings is 1. The maximum Gasteiger partial charge on any atom is 0.254 e. The Morgan fingerprint density at radius 3 is 2.44 bits per heavy atom. The Bertz CT molecular complexity index is 600. The molecule has 0 bridgehead atoms. The van der Waals surface area contributed by atoms with Crippen LogP contribution < -0.4 is 10.3 Å². The summed E-state index contributed by atoms with van der Waals surface area (Å²) in [4.78, 5) is 18.8. The van der Waals surface area contributed by atoms with Crippen molar-refractivity contribution in [3.63, 3.8) is 0 Å². The number of nitrogens with zero attached hydrogens (tertiary/aromatic N) is 1. The van der Waals surface area contributed by atoms with Gasteiger partial charge in [-0.25, -0.2) is 4.98 Å². The molecular formula is C14H16N2O2. The van der Waals surface area contributed by atoms with Crippen molar-refractivity contribution in [1.29, 1.82) is 0 Å². The van der Waals surface area contributed by atoms with Crippen LogP contribution in [0.2, 0.25) is 0 Å². The van der Waals surface area contributed by atoms with Gasteiger partial charge in [-0.3, -0.25) is 4.79 Å². The summed E-state index contributed by atoms with van der Waals surface area (Å²) in [5.74, 6) is 1.40. The van der Waals surface area contributed by atoms with Gasteiger partial charge in [-0.1, -0.05) is 0 Å². The summed E-state index contributed by atoms with van der Waals surface area (Å²) < 4.78 is 5.37. The molecule has 0 fully saturated rings. The van der Waals surface area contributed by atoms with Crippen LogP contribution in [0.15, 0.2) is 29.1 Å². The normalized spacial score (nSPS) is 10.4. The number of ether oxygens (including phenoxy) is 1. The molecule has 0 aliphatic rings. The summed E-state index contributed by atoms with van der Waals surface area (Å²) in [5.41, 5.74) is 2.19. The zero-order valence-corrected chi connectivity index (χ0v) is 10.8. The lowest BCUT2D eigenvalue weighted by Crippen LogP contribution is -2.14. The molecule has 1 aromatic heterocycles. The summed E-state index contributed by atoms with van der Waals surface area (Å²) in [7, 11) is 0. The first-order valence-electron chi connectivity index (χ1n) is 5.92. The minimum Gasteiger partial charge on any atom is -0.494 e. The predicted octanol–water partition coefficient (Wildman–Crippen LogP) is 2.45. The topological polar surface area (TPSA) is 55.0 Å². The first-order chi connectivity index (χ1) is 8.61. The molecule has 0 aliphatic carbocycles. The number of aromatic nitrogens is 2. The SMILES string of the molecule is CCOc1ccc(-c2nc(C)c(C)c(=O)[nH]2)cc1. The Morgan fingerprint density at radius 1 is 1.22 bits per heavy atom. The van der Waals surface area contributed by atoms with E-state index in [4.69, 9.17) is 4.74 Å². The van der Waals surface area contributed by atoms with Crippen molar-refractivity contribution in [2.24, 2.45) is 0 Å². The third-order valence-electron chi connectivity index (χ3n) is 2.83. The van der Waals surface area contributed by atoms with Gasteiger partial charge in [0, 0.05) is 16.8 Å². The van der Waals surface area contributed by atoms with Gasteiger partial charge in [-0.05, 0) is 45.0 Å². The van der Waals surface area contributed by atoms with E-state index in [0.717, 1.165) is 17.0 Å². The van der Waals surface area contributed by atoms with Crippen LogP contribution in [0.3, 0.4) is 0 Å². The second-order valence-electron chi connectivity index (χ2n) is 4.08. The molecule has 2 aromatic rings. The fraction of sp³-hybridized carbons (Fsp3) is 0.286. The van der Waals surface area contributed by atoms with Crippen molar-refractivity contribution in [1.82, 2.24) is 9.97 Å².